The second kappa shape index (κ2) is 6.64. The Morgan fingerprint density at radius 1 is 0.815 bits per heavy atom. The van der Waals surface area contributed by atoms with Gasteiger partial charge in [-0.25, -0.2) is 0 Å². The first kappa shape index (κ1) is 16.9. The number of amides is 2. The van der Waals surface area contributed by atoms with Gasteiger partial charge in [0.1, 0.15) is 0 Å². The van der Waals surface area contributed by atoms with E-state index in [-0.39, 0.29) is 11.8 Å². The molecule has 4 rings (SSSR count). The highest BCUT2D eigenvalue weighted by molar-refractivity contribution is 6.30. The number of hydrazone groups is 2. The van der Waals surface area contributed by atoms with Crippen molar-refractivity contribution >= 4 is 34.6 Å². The molecule has 0 fully saturated rings. The van der Waals surface area contributed by atoms with Crippen molar-refractivity contribution in [2.75, 3.05) is 10.0 Å². The average Bonchev–Trinajstić information content (AvgIpc) is 3.14. The molecule has 0 aromatic heterocycles. The molecule has 2 aromatic carbocycles. The number of para-hydroxylation sites is 2. The highest BCUT2D eigenvalue weighted by Gasteiger charge is 2.36. The van der Waals surface area contributed by atoms with Gasteiger partial charge in [-0.15, -0.1) is 0 Å². The summed E-state index contributed by atoms with van der Waals surface area (Å²) >= 11 is 0. The molecule has 0 aliphatic carbocycles. The third-order valence-corrected chi connectivity index (χ3v) is 4.58. The first-order chi connectivity index (χ1) is 13.1. The summed E-state index contributed by atoms with van der Waals surface area (Å²) in [5.74, 6) is -0.993. The molecule has 0 unspecified atom stereocenters. The SMILES string of the molecule is CC1=NN(c2ccccc2)C(=O)/C1=C/[C@@H]1C(=O)N(c2ccccc2)N=C1C. The van der Waals surface area contributed by atoms with E-state index in [1.165, 1.54) is 10.0 Å². The summed E-state index contributed by atoms with van der Waals surface area (Å²) < 4.78 is 0. The van der Waals surface area contributed by atoms with E-state index in [0.717, 1.165) is 0 Å². The fourth-order valence-corrected chi connectivity index (χ4v) is 3.15. The number of rotatable bonds is 3. The van der Waals surface area contributed by atoms with Crippen LogP contribution in [0.15, 0.2) is 82.5 Å². The summed E-state index contributed by atoms with van der Waals surface area (Å²) in [6, 6.07) is 18.5. The van der Waals surface area contributed by atoms with E-state index in [4.69, 9.17) is 0 Å². The predicted molar refractivity (Wildman–Crippen MR) is 106 cm³/mol. The standard InChI is InChI=1S/C21H18N4O2/c1-14-18(20(26)24(22-14)16-9-5-3-6-10-16)13-19-15(2)23-25(21(19)27)17-11-7-4-8-12-17/h3-13,18H,1-2H3/b19-13+/t18-/m0/s1. The van der Waals surface area contributed by atoms with Crippen LogP contribution in [0.3, 0.4) is 0 Å². The van der Waals surface area contributed by atoms with Gasteiger partial charge in [-0.05, 0) is 38.1 Å². The molecule has 2 aromatic rings. The fraction of sp³-hybridized carbons (Fsp3) is 0.143. The number of benzene rings is 2. The molecule has 0 spiro atoms. The third-order valence-electron chi connectivity index (χ3n) is 4.58. The van der Waals surface area contributed by atoms with E-state index < -0.39 is 5.92 Å². The maximum atomic E-state index is 12.9. The maximum absolute atomic E-state index is 12.9. The summed E-state index contributed by atoms with van der Waals surface area (Å²) in [7, 11) is 0. The minimum absolute atomic E-state index is 0.176. The zero-order chi connectivity index (χ0) is 19.0. The lowest BCUT2D eigenvalue weighted by atomic mass is 9.98. The highest BCUT2D eigenvalue weighted by Crippen LogP contribution is 2.28. The smallest absolute Gasteiger partial charge is 0.271 e. The Kier molecular flexibility index (Phi) is 4.16. The van der Waals surface area contributed by atoms with Crippen molar-refractivity contribution in [3.63, 3.8) is 0 Å². The van der Waals surface area contributed by atoms with Crippen LogP contribution in [0.4, 0.5) is 11.4 Å². The molecule has 27 heavy (non-hydrogen) atoms. The van der Waals surface area contributed by atoms with Crippen molar-refractivity contribution in [2.45, 2.75) is 13.8 Å². The number of anilines is 2. The van der Waals surface area contributed by atoms with Gasteiger partial charge in [0.25, 0.3) is 11.8 Å². The van der Waals surface area contributed by atoms with Crippen molar-refractivity contribution in [3.05, 3.63) is 72.3 Å². The molecule has 0 bridgehead atoms. The van der Waals surface area contributed by atoms with Gasteiger partial charge in [-0.3, -0.25) is 9.59 Å². The molecule has 0 saturated carbocycles. The Morgan fingerprint density at radius 2 is 1.37 bits per heavy atom. The topological polar surface area (TPSA) is 65.3 Å². The number of carbonyl (C=O) groups excluding carboxylic acids is 2. The average molecular weight is 358 g/mol. The lowest BCUT2D eigenvalue weighted by Gasteiger charge is -2.13. The fourth-order valence-electron chi connectivity index (χ4n) is 3.15. The lowest BCUT2D eigenvalue weighted by Crippen LogP contribution is -2.27. The van der Waals surface area contributed by atoms with E-state index in [2.05, 4.69) is 10.2 Å². The van der Waals surface area contributed by atoms with Crippen molar-refractivity contribution < 1.29 is 9.59 Å². The van der Waals surface area contributed by atoms with E-state index in [1.54, 1.807) is 19.9 Å². The summed E-state index contributed by atoms with van der Waals surface area (Å²) in [6.07, 6.45) is 1.67. The second-order valence-electron chi connectivity index (χ2n) is 6.42. The quantitative estimate of drug-likeness (QED) is 0.790. The first-order valence-corrected chi connectivity index (χ1v) is 8.67. The molecule has 134 valence electrons. The molecule has 2 aliphatic rings. The molecule has 2 heterocycles. The molecule has 6 heteroatoms. The molecule has 2 aliphatic heterocycles. The molecule has 1 atom stereocenters. The molecule has 0 N–H and O–H groups in total. The van der Waals surface area contributed by atoms with Crippen LogP contribution in [0, 0.1) is 5.92 Å². The van der Waals surface area contributed by atoms with Gasteiger partial charge in [0.15, 0.2) is 0 Å². The number of hydrogen-bond acceptors (Lipinski definition) is 4. The normalized spacial score (nSPS) is 21.1. The van der Waals surface area contributed by atoms with Gasteiger partial charge in [-0.1, -0.05) is 42.5 Å². The minimum Gasteiger partial charge on any atom is -0.271 e. The van der Waals surface area contributed by atoms with Crippen LogP contribution in [0.5, 0.6) is 0 Å². The molecular formula is C21H18N4O2. The molecule has 0 saturated heterocycles. The zero-order valence-corrected chi connectivity index (χ0v) is 15.0. The van der Waals surface area contributed by atoms with Crippen LogP contribution in [0.1, 0.15) is 13.8 Å². The van der Waals surface area contributed by atoms with Crippen molar-refractivity contribution in [3.8, 4) is 0 Å². The van der Waals surface area contributed by atoms with Crippen molar-refractivity contribution in [2.24, 2.45) is 16.1 Å². The van der Waals surface area contributed by atoms with Gasteiger partial charge in [0.05, 0.1) is 34.3 Å². The van der Waals surface area contributed by atoms with Gasteiger partial charge >= 0.3 is 0 Å². The summed E-state index contributed by atoms with van der Waals surface area (Å²) in [4.78, 5) is 25.7. The first-order valence-electron chi connectivity index (χ1n) is 8.67. The Labute approximate surface area is 157 Å². The second-order valence-corrected chi connectivity index (χ2v) is 6.42. The predicted octanol–water partition coefficient (Wildman–Crippen LogP) is 3.37. The van der Waals surface area contributed by atoms with E-state index in [1.807, 2.05) is 60.7 Å². The monoisotopic (exact) mass is 358 g/mol. The summed E-state index contributed by atoms with van der Waals surface area (Å²) in [6.45, 7) is 3.57. The Hall–Kier alpha value is -3.54. The molecule has 6 nitrogen and oxygen atoms in total. The van der Waals surface area contributed by atoms with Crippen molar-refractivity contribution in [1.29, 1.82) is 0 Å². The largest absolute Gasteiger partial charge is 0.280 e. The van der Waals surface area contributed by atoms with E-state index >= 15 is 0 Å². The molecule has 0 radical (unpaired) electrons. The van der Waals surface area contributed by atoms with Crippen LogP contribution in [-0.4, -0.2) is 23.2 Å². The minimum atomic E-state index is -0.579. The highest BCUT2D eigenvalue weighted by atomic mass is 16.2. The van der Waals surface area contributed by atoms with E-state index in [0.29, 0.717) is 28.4 Å². The zero-order valence-electron chi connectivity index (χ0n) is 15.0. The van der Waals surface area contributed by atoms with Gasteiger partial charge in [-0.2, -0.15) is 20.2 Å². The van der Waals surface area contributed by atoms with Crippen LogP contribution < -0.4 is 10.0 Å². The van der Waals surface area contributed by atoms with Crippen molar-refractivity contribution in [1.82, 2.24) is 0 Å². The number of nitrogens with zero attached hydrogens (tertiary/aromatic N) is 4. The molecule has 2 amide bonds. The third kappa shape index (κ3) is 2.95. The van der Waals surface area contributed by atoms with Crippen LogP contribution in [-0.2, 0) is 9.59 Å². The Balaban J connectivity index is 1.63. The van der Waals surface area contributed by atoms with Crippen LogP contribution in [0.25, 0.3) is 0 Å². The summed E-state index contributed by atoms with van der Waals surface area (Å²) in [5.41, 5.74) is 3.07. The van der Waals surface area contributed by atoms with Gasteiger partial charge in [0.2, 0.25) is 0 Å². The van der Waals surface area contributed by atoms with Crippen LogP contribution in [0.2, 0.25) is 0 Å². The maximum Gasteiger partial charge on any atom is 0.280 e. The van der Waals surface area contributed by atoms with Gasteiger partial charge < -0.3 is 0 Å². The molecular weight excluding hydrogens is 340 g/mol. The van der Waals surface area contributed by atoms with Gasteiger partial charge in [0, 0.05) is 0 Å². The summed E-state index contributed by atoms with van der Waals surface area (Å²) in [5, 5.41) is 11.5. The number of hydrogen-bond donors (Lipinski definition) is 0. The van der Waals surface area contributed by atoms with E-state index in [9.17, 15) is 9.59 Å². The van der Waals surface area contributed by atoms with Crippen LogP contribution >= 0.6 is 0 Å². The Morgan fingerprint density at radius 3 is 1.96 bits per heavy atom. The Bertz CT molecular complexity index is 993. The number of carbonyl (C=O) groups is 2. The lowest BCUT2D eigenvalue weighted by molar-refractivity contribution is -0.118.